The van der Waals surface area contributed by atoms with Gasteiger partial charge in [0, 0.05) is 31.4 Å². The van der Waals surface area contributed by atoms with Gasteiger partial charge in [-0.15, -0.1) is 11.3 Å². The van der Waals surface area contributed by atoms with Gasteiger partial charge in [0.2, 0.25) is 5.91 Å². The predicted molar refractivity (Wildman–Crippen MR) is 98.0 cm³/mol. The zero-order valence-electron chi connectivity index (χ0n) is 15.1. The summed E-state index contributed by atoms with van der Waals surface area (Å²) in [6.07, 6.45) is 3.20. The van der Waals surface area contributed by atoms with Gasteiger partial charge in [0.05, 0.1) is 10.9 Å². The van der Waals surface area contributed by atoms with Crippen molar-refractivity contribution in [1.82, 2.24) is 20.0 Å². The summed E-state index contributed by atoms with van der Waals surface area (Å²) in [5, 5.41) is 7.04. The number of hydrogen-bond acceptors (Lipinski definition) is 4. The third kappa shape index (κ3) is 3.44. The number of halogens is 2. The molecular formula is C18H22F2N4O2S. The monoisotopic (exact) mass is 396 g/mol. The zero-order chi connectivity index (χ0) is 19.1. The second-order valence-electron chi connectivity index (χ2n) is 7.35. The first kappa shape index (κ1) is 18.3. The average Bonchev–Trinajstić information content (AvgIpc) is 3.31. The normalized spacial score (nSPS) is 21.6. The fourth-order valence-corrected chi connectivity index (χ4v) is 5.15. The van der Waals surface area contributed by atoms with Crippen LogP contribution >= 0.6 is 11.3 Å². The minimum atomic E-state index is -2.68. The first-order valence-corrected chi connectivity index (χ1v) is 10.1. The van der Waals surface area contributed by atoms with Crippen LogP contribution < -0.4 is 5.32 Å². The van der Waals surface area contributed by atoms with Crippen LogP contribution in [0.5, 0.6) is 0 Å². The molecule has 9 heteroatoms. The van der Waals surface area contributed by atoms with E-state index in [2.05, 4.69) is 10.4 Å². The van der Waals surface area contributed by atoms with Gasteiger partial charge in [0.15, 0.2) is 0 Å². The Hall–Kier alpha value is -2.03. The van der Waals surface area contributed by atoms with Crippen LogP contribution in [0, 0.1) is 0 Å². The van der Waals surface area contributed by atoms with Gasteiger partial charge in [-0.1, -0.05) is 19.3 Å². The molecule has 2 fully saturated rings. The van der Waals surface area contributed by atoms with E-state index in [-0.39, 0.29) is 29.6 Å². The third-order valence-electron chi connectivity index (χ3n) is 5.48. The van der Waals surface area contributed by atoms with Crippen LogP contribution in [-0.4, -0.2) is 45.1 Å². The molecule has 1 N–H and O–H groups in total. The van der Waals surface area contributed by atoms with E-state index in [4.69, 9.17) is 0 Å². The number of rotatable bonds is 4. The van der Waals surface area contributed by atoms with E-state index < -0.39 is 6.43 Å². The van der Waals surface area contributed by atoms with Crippen LogP contribution in [-0.2, 0) is 11.8 Å². The Morgan fingerprint density at radius 3 is 2.78 bits per heavy atom. The van der Waals surface area contributed by atoms with Crippen molar-refractivity contribution >= 4 is 33.4 Å². The van der Waals surface area contributed by atoms with Crippen molar-refractivity contribution in [1.29, 1.82) is 0 Å². The smallest absolute Gasteiger partial charge is 0.282 e. The minimum absolute atomic E-state index is 0.0905. The van der Waals surface area contributed by atoms with E-state index in [1.165, 1.54) is 17.2 Å². The SMILES string of the molecule is Cn1nc(C(F)F)c2cc(C(=O)NC3CC(=O)N(C4CCCCC4)C3)sc21. The molecule has 1 saturated heterocycles. The molecular weight excluding hydrogens is 374 g/mol. The summed E-state index contributed by atoms with van der Waals surface area (Å²) in [6, 6.07) is 1.53. The van der Waals surface area contributed by atoms with E-state index in [1.54, 1.807) is 7.05 Å². The van der Waals surface area contributed by atoms with E-state index in [9.17, 15) is 18.4 Å². The van der Waals surface area contributed by atoms with E-state index in [1.807, 2.05) is 4.90 Å². The van der Waals surface area contributed by atoms with Gasteiger partial charge >= 0.3 is 0 Å². The van der Waals surface area contributed by atoms with Crippen molar-refractivity contribution in [2.75, 3.05) is 6.54 Å². The molecule has 6 nitrogen and oxygen atoms in total. The van der Waals surface area contributed by atoms with Crippen LogP contribution in [0.3, 0.4) is 0 Å². The van der Waals surface area contributed by atoms with Crippen molar-refractivity contribution in [3.05, 3.63) is 16.6 Å². The maximum Gasteiger partial charge on any atom is 0.282 e. The topological polar surface area (TPSA) is 67.2 Å². The first-order valence-electron chi connectivity index (χ1n) is 9.29. The molecule has 2 amide bonds. The zero-order valence-corrected chi connectivity index (χ0v) is 15.9. The van der Waals surface area contributed by atoms with E-state index in [0.29, 0.717) is 28.1 Å². The van der Waals surface area contributed by atoms with Gasteiger partial charge in [-0.25, -0.2) is 8.78 Å². The number of hydrogen-bond donors (Lipinski definition) is 1. The molecule has 3 heterocycles. The second kappa shape index (κ2) is 7.18. The van der Waals surface area contributed by atoms with Crippen molar-refractivity contribution in [2.45, 2.75) is 57.0 Å². The molecule has 4 rings (SSSR count). The summed E-state index contributed by atoms with van der Waals surface area (Å²) < 4.78 is 27.6. The van der Waals surface area contributed by atoms with Gasteiger partial charge < -0.3 is 10.2 Å². The highest BCUT2D eigenvalue weighted by Gasteiger charge is 2.35. The first-order chi connectivity index (χ1) is 12.9. The number of aromatic nitrogens is 2. The second-order valence-corrected chi connectivity index (χ2v) is 8.38. The van der Waals surface area contributed by atoms with Gasteiger partial charge in [-0.2, -0.15) is 5.10 Å². The quantitative estimate of drug-likeness (QED) is 0.863. The number of amides is 2. The van der Waals surface area contributed by atoms with Crippen molar-refractivity contribution in [3.63, 3.8) is 0 Å². The van der Waals surface area contributed by atoms with Crippen molar-refractivity contribution < 1.29 is 18.4 Å². The number of thiophene rings is 1. The highest BCUT2D eigenvalue weighted by Crippen LogP contribution is 2.33. The lowest BCUT2D eigenvalue weighted by molar-refractivity contribution is -0.130. The molecule has 0 radical (unpaired) electrons. The fraction of sp³-hybridized carbons (Fsp3) is 0.611. The average molecular weight is 396 g/mol. The largest absolute Gasteiger partial charge is 0.346 e. The molecule has 2 aliphatic rings. The standard InChI is InChI=1S/C18H22F2N4O2S/c1-23-18-12(15(22-23)16(19)20)8-13(27-18)17(26)21-10-7-14(25)24(9-10)11-5-3-2-4-6-11/h8,10-11,16H,2-7,9H2,1H3,(H,21,26). The lowest BCUT2D eigenvalue weighted by atomic mass is 9.94. The molecule has 27 heavy (non-hydrogen) atoms. The molecule has 0 bridgehead atoms. The van der Waals surface area contributed by atoms with E-state index >= 15 is 0 Å². The number of nitrogens with one attached hydrogen (secondary N) is 1. The molecule has 2 aromatic rings. The van der Waals surface area contributed by atoms with Crippen LogP contribution in [0.4, 0.5) is 8.78 Å². The molecule has 1 saturated carbocycles. The lowest BCUT2D eigenvalue weighted by Gasteiger charge is -2.31. The number of fused-ring (bicyclic) bond motifs is 1. The predicted octanol–water partition coefficient (Wildman–Crippen LogP) is 3.24. The summed E-state index contributed by atoms with van der Waals surface area (Å²) in [4.78, 5) is 27.8. The Balaban J connectivity index is 1.45. The number of nitrogens with zero attached hydrogens (tertiary/aromatic N) is 3. The highest BCUT2D eigenvalue weighted by molar-refractivity contribution is 7.20. The summed E-state index contributed by atoms with van der Waals surface area (Å²) in [5.41, 5.74) is -0.303. The van der Waals surface area contributed by atoms with Crippen LogP contribution in [0.1, 0.15) is 60.3 Å². The summed E-state index contributed by atoms with van der Waals surface area (Å²) in [7, 11) is 1.59. The molecule has 1 unspecified atom stereocenters. The molecule has 1 atom stereocenters. The number of carbonyl (C=O) groups excluding carboxylic acids is 2. The summed E-state index contributed by atoms with van der Waals surface area (Å²) >= 11 is 1.14. The fourth-order valence-electron chi connectivity index (χ4n) is 4.17. The van der Waals surface area contributed by atoms with Crippen LogP contribution in [0.25, 0.3) is 10.2 Å². The van der Waals surface area contributed by atoms with Gasteiger partial charge in [0.25, 0.3) is 12.3 Å². The van der Waals surface area contributed by atoms with Gasteiger partial charge in [0.1, 0.15) is 10.5 Å². The molecule has 1 aliphatic heterocycles. The number of likely N-dealkylation sites (tertiary alicyclic amines) is 1. The Bertz CT molecular complexity index is 872. The maximum absolute atomic E-state index is 13.1. The number of carbonyl (C=O) groups is 2. The van der Waals surface area contributed by atoms with E-state index in [0.717, 1.165) is 37.0 Å². The summed E-state index contributed by atoms with van der Waals surface area (Å²) in [6.45, 7) is 0.532. The maximum atomic E-state index is 13.1. The molecule has 2 aromatic heterocycles. The van der Waals surface area contributed by atoms with Crippen LogP contribution in [0.15, 0.2) is 6.07 Å². The molecule has 0 spiro atoms. The summed E-state index contributed by atoms with van der Waals surface area (Å²) in [5.74, 6) is -0.229. The van der Waals surface area contributed by atoms with Crippen LogP contribution in [0.2, 0.25) is 0 Å². The molecule has 1 aliphatic carbocycles. The Morgan fingerprint density at radius 2 is 2.07 bits per heavy atom. The third-order valence-corrected chi connectivity index (χ3v) is 6.68. The van der Waals surface area contributed by atoms with Gasteiger partial charge in [-0.05, 0) is 18.9 Å². The Morgan fingerprint density at radius 1 is 1.33 bits per heavy atom. The van der Waals surface area contributed by atoms with Crippen molar-refractivity contribution in [2.24, 2.45) is 7.05 Å². The number of alkyl halides is 2. The number of aryl methyl sites for hydroxylation is 1. The Kier molecular flexibility index (Phi) is 4.88. The lowest BCUT2D eigenvalue weighted by Crippen LogP contribution is -2.41. The molecule has 0 aromatic carbocycles. The van der Waals surface area contributed by atoms with Crippen molar-refractivity contribution in [3.8, 4) is 0 Å². The van der Waals surface area contributed by atoms with Gasteiger partial charge in [-0.3, -0.25) is 14.3 Å². The highest BCUT2D eigenvalue weighted by atomic mass is 32.1. The molecule has 146 valence electrons. The minimum Gasteiger partial charge on any atom is -0.346 e. The Labute approximate surface area is 159 Å².